The van der Waals surface area contributed by atoms with Crippen LogP contribution >= 0.6 is 0 Å². The molecule has 1 aromatic rings. The summed E-state index contributed by atoms with van der Waals surface area (Å²) in [6.07, 6.45) is 3.62. The van der Waals surface area contributed by atoms with Crippen molar-refractivity contribution in [2.75, 3.05) is 18.4 Å². The lowest BCUT2D eigenvalue weighted by Gasteiger charge is -2.38. The number of hydrogen-bond acceptors (Lipinski definition) is 2. The molecule has 1 fully saturated rings. The summed E-state index contributed by atoms with van der Waals surface area (Å²) < 4.78 is 12.8. The first-order valence-corrected chi connectivity index (χ1v) is 5.35. The van der Waals surface area contributed by atoms with Gasteiger partial charge in [0.15, 0.2) is 0 Å². The van der Waals surface area contributed by atoms with Crippen LogP contribution in [0.1, 0.15) is 13.3 Å². The Morgan fingerprint density at radius 2 is 2.38 bits per heavy atom. The molecule has 86 valence electrons. The standard InChI is InChI=1S/C11H14FN3O/c1-2-8-6-15(7-8)11(16)14-10-3-9(12)4-13-5-10/h3-5,8H,2,6-7H2,1H3,(H,14,16). The normalized spacial score (nSPS) is 15.8. The molecule has 2 heterocycles. The van der Waals surface area contributed by atoms with E-state index in [-0.39, 0.29) is 6.03 Å². The Balaban J connectivity index is 1.89. The van der Waals surface area contributed by atoms with Gasteiger partial charge in [-0.2, -0.15) is 0 Å². The maximum absolute atomic E-state index is 12.8. The van der Waals surface area contributed by atoms with E-state index in [2.05, 4.69) is 17.2 Å². The smallest absolute Gasteiger partial charge is 0.321 e. The summed E-state index contributed by atoms with van der Waals surface area (Å²) in [7, 11) is 0. The highest BCUT2D eigenvalue weighted by molar-refractivity contribution is 5.89. The molecule has 0 saturated carbocycles. The van der Waals surface area contributed by atoms with Crippen molar-refractivity contribution in [1.29, 1.82) is 0 Å². The molecular formula is C11H14FN3O. The number of hydrogen-bond donors (Lipinski definition) is 1. The molecule has 16 heavy (non-hydrogen) atoms. The number of halogens is 1. The van der Waals surface area contributed by atoms with Gasteiger partial charge in [0.2, 0.25) is 0 Å². The second-order valence-corrected chi connectivity index (χ2v) is 4.00. The van der Waals surface area contributed by atoms with Gasteiger partial charge in [0.25, 0.3) is 0 Å². The molecule has 1 aliphatic rings. The second kappa shape index (κ2) is 4.47. The fourth-order valence-electron chi connectivity index (χ4n) is 1.68. The molecule has 0 aromatic carbocycles. The Bertz CT molecular complexity index is 391. The highest BCUT2D eigenvalue weighted by Gasteiger charge is 2.29. The summed E-state index contributed by atoms with van der Waals surface area (Å²) in [6.45, 7) is 3.67. The van der Waals surface area contributed by atoms with Gasteiger partial charge in [-0.1, -0.05) is 6.92 Å². The van der Waals surface area contributed by atoms with Crippen molar-refractivity contribution in [2.45, 2.75) is 13.3 Å². The highest BCUT2D eigenvalue weighted by atomic mass is 19.1. The Hall–Kier alpha value is -1.65. The molecule has 1 aliphatic heterocycles. The van der Waals surface area contributed by atoms with Crippen LogP contribution in [0.2, 0.25) is 0 Å². The van der Waals surface area contributed by atoms with E-state index >= 15 is 0 Å². The first kappa shape index (κ1) is 10.9. The summed E-state index contributed by atoms with van der Waals surface area (Å²) in [5.41, 5.74) is 0.393. The molecule has 0 radical (unpaired) electrons. The van der Waals surface area contributed by atoms with Crippen molar-refractivity contribution in [2.24, 2.45) is 5.92 Å². The van der Waals surface area contributed by atoms with Crippen molar-refractivity contribution in [3.8, 4) is 0 Å². The number of nitrogens with zero attached hydrogens (tertiary/aromatic N) is 2. The molecule has 1 aromatic heterocycles. The summed E-state index contributed by atoms with van der Waals surface area (Å²) >= 11 is 0. The Morgan fingerprint density at radius 1 is 1.62 bits per heavy atom. The van der Waals surface area contributed by atoms with Gasteiger partial charge >= 0.3 is 6.03 Å². The minimum Gasteiger partial charge on any atom is -0.324 e. The zero-order valence-corrected chi connectivity index (χ0v) is 9.11. The molecule has 0 atom stereocenters. The molecule has 0 bridgehead atoms. The predicted octanol–water partition coefficient (Wildman–Crippen LogP) is 2.09. The van der Waals surface area contributed by atoms with Gasteiger partial charge < -0.3 is 10.2 Å². The average Bonchev–Trinajstić information content (AvgIpc) is 2.15. The second-order valence-electron chi connectivity index (χ2n) is 4.00. The zero-order valence-electron chi connectivity index (χ0n) is 9.11. The molecule has 0 spiro atoms. The Kier molecular flexibility index (Phi) is 3.03. The summed E-state index contributed by atoms with van der Waals surface area (Å²) in [5.74, 6) is 0.157. The maximum atomic E-state index is 12.8. The molecule has 1 N–H and O–H groups in total. The number of carbonyl (C=O) groups is 1. The van der Waals surface area contributed by atoms with Crippen LogP contribution in [0.5, 0.6) is 0 Å². The fraction of sp³-hybridized carbons (Fsp3) is 0.455. The van der Waals surface area contributed by atoms with Crippen LogP contribution < -0.4 is 5.32 Å². The third-order valence-corrected chi connectivity index (χ3v) is 2.78. The number of urea groups is 1. The van der Waals surface area contributed by atoms with E-state index in [1.807, 2.05) is 0 Å². The topological polar surface area (TPSA) is 45.2 Å². The largest absolute Gasteiger partial charge is 0.324 e. The van der Waals surface area contributed by atoms with Gasteiger partial charge in [0, 0.05) is 19.2 Å². The van der Waals surface area contributed by atoms with E-state index in [0.717, 1.165) is 25.7 Å². The molecule has 5 heteroatoms. The van der Waals surface area contributed by atoms with E-state index in [4.69, 9.17) is 0 Å². The van der Waals surface area contributed by atoms with Gasteiger partial charge in [0.1, 0.15) is 5.82 Å². The Morgan fingerprint density at radius 3 is 3.00 bits per heavy atom. The van der Waals surface area contributed by atoms with E-state index in [1.54, 1.807) is 4.90 Å². The van der Waals surface area contributed by atoms with Crippen LogP contribution in [0, 0.1) is 11.7 Å². The molecule has 2 rings (SSSR count). The van der Waals surface area contributed by atoms with Crippen LogP contribution in [-0.2, 0) is 0 Å². The molecule has 0 unspecified atom stereocenters. The van der Waals surface area contributed by atoms with E-state index < -0.39 is 5.82 Å². The van der Waals surface area contributed by atoms with E-state index in [0.29, 0.717) is 11.6 Å². The average molecular weight is 223 g/mol. The van der Waals surface area contributed by atoms with Crippen LogP contribution in [0.15, 0.2) is 18.5 Å². The number of aromatic nitrogens is 1. The third-order valence-electron chi connectivity index (χ3n) is 2.78. The predicted molar refractivity (Wildman–Crippen MR) is 58.6 cm³/mol. The van der Waals surface area contributed by atoms with Crippen LogP contribution in [-0.4, -0.2) is 29.0 Å². The third kappa shape index (κ3) is 2.29. The SMILES string of the molecule is CCC1CN(C(=O)Nc2cncc(F)c2)C1. The monoisotopic (exact) mass is 223 g/mol. The van der Waals surface area contributed by atoms with E-state index in [1.165, 1.54) is 12.3 Å². The lowest BCUT2D eigenvalue weighted by molar-refractivity contribution is 0.129. The first-order chi connectivity index (χ1) is 7.69. The van der Waals surface area contributed by atoms with Crippen molar-refractivity contribution in [1.82, 2.24) is 9.88 Å². The highest BCUT2D eigenvalue weighted by Crippen LogP contribution is 2.19. The van der Waals surface area contributed by atoms with Gasteiger partial charge in [0.05, 0.1) is 18.1 Å². The van der Waals surface area contributed by atoms with Crippen molar-refractivity contribution < 1.29 is 9.18 Å². The van der Waals surface area contributed by atoms with Crippen molar-refractivity contribution in [3.63, 3.8) is 0 Å². The van der Waals surface area contributed by atoms with Crippen LogP contribution in [0.3, 0.4) is 0 Å². The number of likely N-dealkylation sites (tertiary alicyclic amines) is 1. The van der Waals surface area contributed by atoms with Gasteiger partial charge in [-0.05, 0) is 12.3 Å². The molecule has 2 amide bonds. The maximum Gasteiger partial charge on any atom is 0.321 e. The zero-order chi connectivity index (χ0) is 11.5. The number of rotatable bonds is 2. The quantitative estimate of drug-likeness (QED) is 0.834. The van der Waals surface area contributed by atoms with Crippen molar-refractivity contribution in [3.05, 3.63) is 24.3 Å². The van der Waals surface area contributed by atoms with Crippen LogP contribution in [0.4, 0.5) is 14.9 Å². The molecule has 4 nitrogen and oxygen atoms in total. The number of carbonyl (C=O) groups excluding carboxylic acids is 1. The van der Waals surface area contributed by atoms with Gasteiger partial charge in [-0.25, -0.2) is 9.18 Å². The number of amides is 2. The minimum atomic E-state index is -0.451. The minimum absolute atomic E-state index is 0.183. The lowest BCUT2D eigenvalue weighted by Crippen LogP contribution is -2.51. The number of pyridine rings is 1. The molecular weight excluding hydrogens is 209 g/mol. The first-order valence-electron chi connectivity index (χ1n) is 5.35. The molecule has 1 saturated heterocycles. The lowest BCUT2D eigenvalue weighted by atomic mass is 9.98. The fourth-order valence-corrected chi connectivity index (χ4v) is 1.68. The summed E-state index contributed by atoms with van der Waals surface area (Å²) in [5, 5.41) is 2.61. The molecule has 0 aliphatic carbocycles. The van der Waals surface area contributed by atoms with Gasteiger partial charge in [-0.3, -0.25) is 4.98 Å². The van der Waals surface area contributed by atoms with E-state index in [9.17, 15) is 9.18 Å². The number of anilines is 1. The number of nitrogens with one attached hydrogen (secondary N) is 1. The summed E-state index contributed by atoms with van der Waals surface area (Å²) in [4.78, 5) is 17.0. The Labute approximate surface area is 93.5 Å². The summed E-state index contributed by atoms with van der Waals surface area (Å²) in [6, 6.07) is 1.07. The van der Waals surface area contributed by atoms with Crippen LogP contribution in [0.25, 0.3) is 0 Å². The van der Waals surface area contributed by atoms with Crippen molar-refractivity contribution >= 4 is 11.7 Å². The van der Waals surface area contributed by atoms with Gasteiger partial charge in [-0.15, -0.1) is 0 Å².